The summed E-state index contributed by atoms with van der Waals surface area (Å²) in [5.74, 6) is -1.26. The number of aliphatic hydroxyl groups excluding tert-OH is 1. The second-order valence-corrected chi connectivity index (χ2v) is 6.86. The van der Waals surface area contributed by atoms with Gasteiger partial charge in [-0.1, -0.05) is 45.7 Å². The van der Waals surface area contributed by atoms with E-state index in [9.17, 15) is 9.90 Å². The molecule has 4 nitrogen and oxygen atoms in total. The van der Waals surface area contributed by atoms with Crippen molar-refractivity contribution in [2.75, 3.05) is 6.61 Å². The molecule has 1 N–H and O–H groups in total. The largest absolute Gasteiger partial charge is 0.502 e. The summed E-state index contributed by atoms with van der Waals surface area (Å²) in [5, 5.41) is 12.4. The molecule has 0 atom stereocenters. The number of carbonyl (C=O) groups is 1. The number of halogens is 2. The van der Waals surface area contributed by atoms with E-state index < -0.39 is 11.7 Å². The molecule has 0 spiro atoms. The summed E-state index contributed by atoms with van der Waals surface area (Å²) in [7, 11) is 0. The summed E-state index contributed by atoms with van der Waals surface area (Å²) in [6, 6.07) is 13.3. The molecular weight excluding hydrogens is 418 g/mol. The average molecular weight is 433 g/mol. The molecule has 3 aromatic rings. The lowest BCUT2D eigenvalue weighted by Crippen LogP contribution is -2.07. The lowest BCUT2D eigenvalue weighted by atomic mass is 9.99. The van der Waals surface area contributed by atoms with Crippen molar-refractivity contribution in [2.24, 2.45) is 0 Å². The fraction of sp³-hybridized carbons (Fsp3) is 0.100. The third-order valence-electron chi connectivity index (χ3n) is 3.79. The number of nitrogens with zero attached hydrogens (tertiary/aromatic N) is 1. The van der Waals surface area contributed by atoms with Gasteiger partial charge < -0.3 is 9.84 Å². The third-order valence-corrected chi connectivity index (χ3v) is 4.54. The lowest BCUT2D eigenvalue weighted by Gasteiger charge is -2.10. The molecule has 0 radical (unpaired) electrons. The van der Waals surface area contributed by atoms with Gasteiger partial charge in [0.25, 0.3) is 0 Å². The minimum atomic E-state index is -0.778. The lowest BCUT2D eigenvalue weighted by molar-refractivity contribution is -0.141. The molecular formula is C20H15BrClNO3. The maximum absolute atomic E-state index is 11.7. The first kappa shape index (κ1) is 18.4. The molecule has 0 aliphatic carbocycles. The summed E-state index contributed by atoms with van der Waals surface area (Å²) in [6.07, 6.45) is 3.03. The standard InChI is InChI=1S/C20H15BrClNO3/c1-2-26-20(25)19(24)10-18-16-9-13(21)5-8-15(16)17(11-23-18)12-3-6-14(22)7-4-12/h3-11,24H,2H2,1H3/b19-10-. The Balaban J connectivity index is 2.17. The highest BCUT2D eigenvalue weighted by Gasteiger charge is 2.13. The minimum Gasteiger partial charge on any atom is -0.502 e. The molecule has 132 valence electrons. The van der Waals surface area contributed by atoms with Crippen LogP contribution in [0.15, 0.2) is 58.9 Å². The van der Waals surface area contributed by atoms with Crippen LogP contribution < -0.4 is 0 Å². The van der Waals surface area contributed by atoms with Crippen molar-refractivity contribution in [2.45, 2.75) is 6.92 Å². The number of rotatable bonds is 4. The fourth-order valence-electron chi connectivity index (χ4n) is 2.60. The summed E-state index contributed by atoms with van der Waals surface area (Å²) in [4.78, 5) is 16.1. The molecule has 1 aromatic heterocycles. The van der Waals surface area contributed by atoms with Crippen LogP contribution in [0.25, 0.3) is 28.0 Å². The highest BCUT2D eigenvalue weighted by molar-refractivity contribution is 9.10. The summed E-state index contributed by atoms with van der Waals surface area (Å²) in [6.45, 7) is 1.86. The number of hydrogen-bond acceptors (Lipinski definition) is 4. The Morgan fingerprint density at radius 3 is 2.65 bits per heavy atom. The van der Waals surface area contributed by atoms with E-state index in [0.29, 0.717) is 10.7 Å². The zero-order chi connectivity index (χ0) is 18.7. The predicted molar refractivity (Wildman–Crippen MR) is 107 cm³/mol. The Bertz CT molecular complexity index is 1000. The van der Waals surface area contributed by atoms with Crippen molar-refractivity contribution in [1.82, 2.24) is 4.98 Å². The molecule has 6 heteroatoms. The molecule has 0 unspecified atom stereocenters. The van der Waals surface area contributed by atoms with Gasteiger partial charge in [0, 0.05) is 32.7 Å². The molecule has 26 heavy (non-hydrogen) atoms. The van der Waals surface area contributed by atoms with Crippen LogP contribution in [0.5, 0.6) is 0 Å². The Hall–Kier alpha value is -2.37. The van der Waals surface area contributed by atoms with Crippen LogP contribution in [-0.4, -0.2) is 22.7 Å². The molecule has 0 aliphatic heterocycles. The Morgan fingerprint density at radius 2 is 1.96 bits per heavy atom. The van der Waals surface area contributed by atoms with Gasteiger partial charge in [-0.15, -0.1) is 0 Å². The smallest absolute Gasteiger partial charge is 0.373 e. The van der Waals surface area contributed by atoms with Crippen molar-refractivity contribution in [1.29, 1.82) is 0 Å². The Morgan fingerprint density at radius 1 is 1.23 bits per heavy atom. The zero-order valence-electron chi connectivity index (χ0n) is 13.9. The van der Waals surface area contributed by atoms with Crippen LogP contribution in [0.1, 0.15) is 12.6 Å². The quantitative estimate of drug-likeness (QED) is 0.322. The molecule has 0 aliphatic rings. The van der Waals surface area contributed by atoms with Crippen molar-refractivity contribution < 1.29 is 14.6 Å². The Kier molecular flexibility index (Phi) is 5.59. The van der Waals surface area contributed by atoms with Gasteiger partial charge in [0.05, 0.1) is 12.3 Å². The van der Waals surface area contributed by atoms with Gasteiger partial charge in [0.1, 0.15) is 0 Å². The van der Waals surface area contributed by atoms with Crippen molar-refractivity contribution >= 4 is 50.3 Å². The Labute approximate surface area is 164 Å². The van der Waals surface area contributed by atoms with E-state index in [1.54, 1.807) is 13.1 Å². The molecule has 0 fully saturated rings. The molecule has 3 rings (SSSR count). The van der Waals surface area contributed by atoms with Gasteiger partial charge in [-0.3, -0.25) is 4.98 Å². The maximum Gasteiger partial charge on any atom is 0.373 e. The third kappa shape index (κ3) is 3.89. The minimum absolute atomic E-state index is 0.186. The monoisotopic (exact) mass is 431 g/mol. The summed E-state index contributed by atoms with van der Waals surface area (Å²) < 4.78 is 5.68. The van der Waals surface area contributed by atoms with Gasteiger partial charge in [-0.05, 0) is 42.1 Å². The summed E-state index contributed by atoms with van der Waals surface area (Å²) >= 11 is 9.43. The van der Waals surface area contributed by atoms with Crippen LogP contribution in [0.4, 0.5) is 0 Å². The number of hydrogen-bond donors (Lipinski definition) is 1. The van der Waals surface area contributed by atoms with E-state index >= 15 is 0 Å². The first-order valence-electron chi connectivity index (χ1n) is 7.91. The molecule has 0 saturated carbocycles. The number of benzene rings is 2. The highest BCUT2D eigenvalue weighted by atomic mass is 79.9. The van der Waals surface area contributed by atoms with E-state index in [-0.39, 0.29) is 6.61 Å². The first-order chi connectivity index (χ1) is 12.5. The molecule has 1 heterocycles. The van der Waals surface area contributed by atoms with Crippen LogP contribution in [0, 0.1) is 0 Å². The number of aromatic nitrogens is 1. The maximum atomic E-state index is 11.7. The van der Waals surface area contributed by atoms with Crippen LogP contribution in [0.3, 0.4) is 0 Å². The number of fused-ring (bicyclic) bond motifs is 1. The highest BCUT2D eigenvalue weighted by Crippen LogP contribution is 2.32. The number of ether oxygens (including phenoxy) is 1. The van der Waals surface area contributed by atoms with Gasteiger partial charge in [-0.2, -0.15) is 0 Å². The first-order valence-corrected chi connectivity index (χ1v) is 9.08. The van der Waals surface area contributed by atoms with Gasteiger partial charge in [0.2, 0.25) is 5.76 Å². The average Bonchev–Trinajstić information content (AvgIpc) is 2.63. The van der Waals surface area contributed by atoms with Gasteiger partial charge in [-0.25, -0.2) is 4.79 Å². The number of carbonyl (C=O) groups excluding carboxylic acids is 1. The van der Waals surface area contributed by atoms with E-state index in [4.69, 9.17) is 16.3 Å². The molecule has 0 amide bonds. The van der Waals surface area contributed by atoms with E-state index in [1.807, 2.05) is 42.5 Å². The van der Waals surface area contributed by atoms with Crippen LogP contribution in [0.2, 0.25) is 5.02 Å². The topological polar surface area (TPSA) is 59.4 Å². The fourth-order valence-corrected chi connectivity index (χ4v) is 3.09. The predicted octanol–water partition coefficient (Wildman–Crippen LogP) is 5.78. The summed E-state index contributed by atoms with van der Waals surface area (Å²) in [5.41, 5.74) is 2.38. The van der Waals surface area contributed by atoms with Crippen molar-refractivity contribution in [3.63, 3.8) is 0 Å². The molecule has 0 bridgehead atoms. The molecule has 0 saturated heterocycles. The van der Waals surface area contributed by atoms with Gasteiger partial charge >= 0.3 is 5.97 Å². The van der Waals surface area contributed by atoms with Crippen LogP contribution >= 0.6 is 27.5 Å². The second-order valence-electron chi connectivity index (χ2n) is 5.50. The number of esters is 1. The SMILES string of the molecule is CCOC(=O)/C(O)=C/c1ncc(-c2ccc(Cl)cc2)c2ccc(Br)cc12. The zero-order valence-corrected chi connectivity index (χ0v) is 16.2. The van der Waals surface area contributed by atoms with Gasteiger partial charge in [0.15, 0.2) is 0 Å². The van der Waals surface area contributed by atoms with Crippen molar-refractivity contribution in [3.8, 4) is 11.1 Å². The van der Waals surface area contributed by atoms with Crippen molar-refractivity contribution in [3.05, 3.63) is 69.6 Å². The molecule has 2 aromatic carbocycles. The second kappa shape index (κ2) is 7.89. The van der Waals surface area contributed by atoms with E-state index in [1.165, 1.54) is 6.08 Å². The van der Waals surface area contributed by atoms with Crippen LogP contribution in [-0.2, 0) is 9.53 Å². The van der Waals surface area contributed by atoms with E-state index in [2.05, 4.69) is 20.9 Å². The normalized spacial score (nSPS) is 11.6. The number of pyridine rings is 1. The number of aliphatic hydroxyl groups is 1. The van der Waals surface area contributed by atoms with E-state index in [0.717, 1.165) is 26.4 Å².